The normalized spacial score (nSPS) is 14.8. The van der Waals surface area contributed by atoms with Crippen LogP contribution in [0.4, 0.5) is 0 Å². The number of rotatable bonds is 4. The van der Waals surface area contributed by atoms with Crippen molar-refractivity contribution in [3.63, 3.8) is 0 Å². The van der Waals surface area contributed by atoms with Gasteiger partial charge in [0.25, 0.3) is 5.95 Å². The zero-order valence-corrected chi connectivity index (χ0v) is 20.3. The van der Waals surface area contributed by atoms with E-state index in [0.29, 0.717) is 18.3 Å². The number of nitrogens with zero attached hydrogens (tertiary/aromatic N) is 6. The highest BCUT2D eigenvalue weighted by Crippen LogP contribution is 2.34. The quantitative estimate of drug-likeness (QED) is 0.450. The Morgan fingerprint density at radius 3 is 2.42 bits per heavy atom. The van der Waals surface area contributed by atoms with Crippen molar-refractivity contribution in [2.75, 3.05) is 13.1 Å². The minimum atomic E-state index is 0.157. The molecule has 4 aromatic rings. The second kappa shape index (κ2) is 8.67. The fourth-order valence-electron chi connectivity index (χ4n) is 4.63. The molecule has 4 heterocycles. The second-order valence-electron chi connectivity index (χ2n) is 8.86. The Morgan fingerprint density at radius 2 is 1.73 bits per heavy atom. The van der Waals surface area contributed by atoms with Crippen molar-refractivity contribution >= 4 is 27.5 Å². The van der Waals surface area contributed by atoms with Crippen LogP contribution in [0.2, 0.25) is 0 Å². The predicted molar refractivity (Wildman–Crippen MR) is 130 cm³/mol. The first-order valence-electron chi connectivity index (χ1n) is 11.4. The van der Waals surface area contributed by atoms with Crippen molar-refractivity contribution in [3.8, 4) is 5.95 Å². The Bertz CT molecular complexity index is 1280. The average molecular weight is 461 g/mol. The van der Waals surface area contributed by atoms with Gasteiger partial charge in [0.15, 0.2) is 0 Å². The van der Waals surface area contributed by atoms with Crippen LogP contribution in [0.3, 0.4) is 0 Å². The number of benzene rings is 1. The molecule has 1 fully saturated rings. The highest BCUT2D eigenvalue weighted by atomic mass is 32.1. The number of fused-ring (bicyclic) bond motifs is 1. The highest BCUT2D eigenvalue weighted by molar-refractivity contribution is 7.18. The van der Waals surface area contributed by atoms with Crippen LogP contribution in [0, 0.1) is 27.7 Å². The molecule has 0 aliphatic carbocycles. The topological polar surface area (TPSA) is 76.8 Å². The minimum Gasteiger partial charge on any atom is -0.342 e. The van der Waals surface area contributed by atoms with Crippen LogP contribution in [0.25, 0.3) is 16.2 Å². The van der Waals surface area contributed by atoms with E-state index in [2.05, 4.69) is 33.3 Å². The molecular weight excluding hydrogens is 432 g/mol. The number of hydrogen-bond donors (Lipinski definition) is 0. The molecule has 5 rings (SSSR count). The van der Waals surface area contributed by atoms with E-state index in [1.54, 1.807) is 16.0 Å². The first-order chi connectivity index (χ1) is 15.9. The van der Waals surface area contributed by atoms with Crippen molar-refractivity contribution in [2.45, 2.75) is 52.9 Å². The highest BCUT2D eigenvalue weighted by Gasteiger charge is 2.27. The lowest BCUT2D eigenvalue weighted by molar-refractivity contribution is -0.131. The largest absolute Gasteiger partial charge is 0.342 e. The van der Waals surface area contributed by atoms with Crippen molar-refractivity contribution < 1.29 is 4.79 Å². The number of piperidine rings is 1. The molecule has 0 radical (unpaired) electrons. The van der Waals surface area contributed by atoms with Crippen molar-refractivity contribution in [2.24, 2.45) is 0 Å². The molecule has 0 bridgehead atoms. The number of thiazole rings is 1. The molecule has 1 aromatic carbocycles. The molecule has 1 aliphatic heterocycles. The maximum Gasteiger partial charge on any atom is 0.251 e. The summed E-state index contributed by atoms with van der Waals surface area (Å²) in [5.74, 6) is 1.15. The molecule has 0 spiro atoms. The zero-order chi connectivity index (χ0) is 23.1. The van der Waals surface area contributed by atoms with Crippen molar-refractivity contribution in [1.29, 1.82) is 0 Å². The molecule has 1 saturated heterocycles. The van der Waals surface area contributed by atoms with E-state index in [1.807, 2.05) is 44.7 Å². The number of aromatic nitrogens is 5. The van der Waals surface area contributed by atoms with Gasteiger partial charge in [0.2, 0.25) is 5.91 Å². The minimum absolute atomic E-state index is 0.157. The summed E-state index contributed by atoms with van der Waals surface area (Å²) in [5, 5.41) is 5.85. The monoisotopic (exact) mass is 460 g/mol. The molecule has 3 aromatic heterocycles. The summed E-state index contributed by atoms with van der Waals surface area (Å²) in [7, 11) is 0. The first-order valence-corrected chi connectivity index (χ1v) is 12.2. The summed E-state index contributed by atoms with van der Waals surface area (Å²) in [6, 6.07) is 10.2. The van der Waals surface area contributed by atoms with Crippen LogP contribution < -0.4 is 0 Å². The van der Waals surface area contributed by atoms with Gasteiger partial charge in [-0.15, -0.1) is 11.3 Å². The van der Waals surface area contributed by atoms with Gasteiger partial charge in [-0.05, 0) is 58.7 Å². The Balaban J connectivity index is 1.27. The number of carbonyl (C=O) groups is 1. The van der Waals surface area contributed by atoms with E-state index < -0.39 is 0 Å². The number of hydrogen-bond acceptors (Lipinski definition) is 6. The maximum atomic E-state index is 13.2. The van der Waals surface area contributed by atoms with Gasteiger partial charge in [-0.25, -0.2) is 19.6 Å². The van der Waals surface area contributed by atoms with Gasteiger partial charge in [-0.1, -0.05) is 12.1 Å². The Hall–Kier alpha value is -3.13. The van der Waals surface area contributed by atoms with Crippen molar-refractivity contribution in [1.82, 2.24) is 29.6 Å². The Kier molecular flexibility index (Phi) is 5.70. The molecule has 0 unspecified atom stereocenters. The van der Waals surface area contributed by atoms with E-state index >= 15 is 0 Å². The van der Waals surface area contributed by atoms with Crippen LogP contribution in [0.1, 0.15) is 52.1 Å². The molecule has 8 heteroatoms. The number of aryl methyl sites for hydroxylation is 3. The van der Waals surface area contributed by atoms with E-state index in [9.17, 15) is 4.79 Å². The molecule has 33 heavy (non-hydrogen) atoms. The summed E-state index contributed by atoms with van der Waals surface area (Å²) in [4.78, 5) is 29.0. The standard InChI is InChI=1S/C25H28N6OS/c1-15-13-16(2)27-25(26-15)31-18(4)20(17(3)29-31)14-23(32)30-11-9-19(10-12-30)24-28-21-7-5-6-8-22(21)33-24/h5-8,13,19H,9-12,14H2,1-4H3. The van der Waals surface area contributed by atoms with Gasteiger partial charge in [0, 0.05) is 41.7 Å². The molecule has 0 N–H and O–H groups in total. The summed E-state index contributed by atoms with van der Waals surface area (Å²) in [6.07, 6.45) is 2.27. The van der Waals surface area contributed by atoms with Gasteiger partial charge in [0.1, 0.15) is 0 Å². The summed E-state index contributed by atoms with van der Waals surface area (Å²) >= 11 is 1.79. The summed E-state index contributed by atoms with van der Waals surface area (Å²) < 4.78 is 3.00. The lowest BCUT2D eigenvalue weighted by Crippen LogP contribution is -2.38. The SMILES string of the molecule is Cc1cc(C)nc(-n2nc(C)c(CC(=O)N3CCC(c4nc5ccccc5s4)CC3)c2C)n1. The number of carbonyl (C=O) groups excluding carboxylic acids is 1. The summed E-state index contributed by atoms with van der Waals surface area (Å²) in [6.45, 7) is 9.38. The van der Waals surface area contributed by atoms with Crippen LogP contribution in [-0.2, 0) is 11.2 Å². The molecule has 1 amide bonds. The second-order valence-corrected chi connectivity index (χ2v) is 9.93. The van der Waals surface area contributed by atoms with E-state index in [0.717, 1.165) is 59.8 Å². The molecule has 1 aliphatic rings. The van der Waals surface area contributed by atoms with E-state index in [1.165, 1.54) is 9.71 Å². The first kappa shape index (κ1) is 21.7. The average Bonchev–Trinajstić information content (AvgIpc) is 3.35. The van der Waals surface area contributed by atoms with Gasteiger partial charge in [-0.3, -0.25) is 4.79 Å². The third kappa shape index (κ3) is 4.27. The van der Waals surface area contributed by atoms with Crippen molar-refractivity contribution in [3.05, 3.63) is 63.7 Å². The van der Waals surface area contributed by atoms with Gasteiger partial charge < -0.3 is 4.90 Å². The third-order valence-electron chi connectivity index (χ3n) is 6.44. The smallest absolute Gasteiger partial charge is 0.251 e. The Morgan fingerprint density at radius 1 is 1.03 bits per heavy atom. The Labute approximate surface area is 197 Å². The van der Waals surface area contributed by atoms with Crippen LogP contribution >= 0.6 is 11.3 Å². The predicted octanol–water partition coefficient (Wildman–Crippen LogP) is 4.45. The molecule has 0 atom stereocenters. The van der Waals surface area contributed by atoms with Gasteiger partial charge >= 0.3 is 0 Å². The third-order valence-corrected chi connectivity index (χ3v) is 7.64. The van der Waals surface area contributed by atoms with E-state index in [4.69, 9.17) is 4.98 Å². The molecule has 7 nitrogen and oxygen atoms in total. The van der Waals surface area contributed by atoms with Gasteiger partial charge in [-0.2, -0.15) is 5.10 Å². The van der Waals surface area contributed by atoms with Crippen LogP contribution in [-0.4, -0.2) is 48.6 Å². The van der Waals surface area contributed by atoms with E-state index in [-0.39, 0.29) is 5.91 Å². The fraction of sp³-hybridized carbons (Fsp3) is 0.400. The number of amides is 1. The van der Waals surface area contributed by atoms with Crippen LogP contribution in [0.15, 0.2) is 30.3 Å². The lowest BCUT2D eigenvalue weighted by atomic mass is 9.97. The van der Waals surface area contributed by atoms with Gasteiger partial charge in [0.05, 0.1) is 27.3 Å². The molecule has 170 valence electrons. The fourth-order valence-corrected chi connectivity index (χ4v) is 5.77. The molecule has 0 saturated carbocycles. The number of likely N-dealkylation sites (tertiary alicyclic amines) is 1. The summed E-state index contributed by atoms with van der Waals surface area (Å²) in [5.41, 5.74) is 5.63. The zero-order valence-electron chi connectivity index (χ0n) is 19.5. The lowest BCUT2D eigenvalue weighted by Gasteiger charge is -2.31. The number of para-hydroxylation sites is 1. The maximum absolute atomic E-state index is 13.2. The van der Waals surface area contributed by atoms with Crippen LogP contribution in [0.5, 0.6) is 0 Å². The molecular formula is C25H28N6OS.